The predicted molar refractivity (Wildman–Crippen MR) is 73.8 cm³/mol. The molecular weight excluding hydrogens is 265 g/mol. The molecule has 1 aromatic carbocycles. The molecule has 0 saturated heterocycles. The Kier molecular flexibility index (Phi) is 5.66. The second kappa shape index (κ2) is 6.78. The number of benzene rings is 1. The first-order valence-electron chi connectivity index (χ1n) is 4.58. The molecule has 0 heterocycles. The van der Waals surface area contributed by atoms with Gasteiger partial charge in [0.15, 0.2) is 5.17 Å². The smallest absolute Gasteiger partial charge is 0.180 e. The molecule has 0 aromatic heterocycles. The van der Waals surface area contributed by atoms with Crippen LogP contribution < -0.4 is 5.73 Å². The van der Waals surface area contributed by atoms with Crippen LogP contribution >= 0.6 is 35.0 Å². The SMILES string of the molecule is CCS/C(N)=N/N=C/c1ccc(Cl)cc1Cl. The van der Waals surface area contributed by atoms with Gasteiger partial charge in [-0.2, -0.15) is 5.10 Å². The van der Waals surface area contributed by atoms with Gasteiger partial charge < -0.3 is 5.73 Å². The highest BCUT2D eigenvalue weighted by Gasteiger charge is 1.97. The lowest BCUT2D eigenvalue weighted by Crippen LogP contribution is -2.05. The molecule has 0 bridgehead atoms. The molecule has 0 atom stereocenters. The fourth-order valence-electron chi connectivity index (χ4n) is 0.931. The normalized spacial score (nSPS) is 12.3. The van der Waals surface area contributed by atoms with Crippen LogP contribution in [0.2, 0.25) is 10.0 Å². The van der Waals surface area contributed by atoms with Gasteiger partial charge >= 0.3 is 0 Å². The zero-order chi connectivity index (χ0) is 12.0. The maximum Gasteiger partial charge on any atom is 0.180 e. The Labute approximate surface area is 109 Å². The van der Waals surface area contributed by atoms with E-state index in [-0.39, 0.29) is 0 Å². The molecule has 0 aliphatic carbocycles. The van der Waals surface area contributed by atoms with Gasteiger partial charge in [-0.25, -0.2) is 0 Å². The van der Waals surface area contributed by atoms with Gasteiger partial charge in [0.2, 0.25) is 0 Å². The summed E-state index contributed by atoms with van der Waals surface area (Å²) in [5.41, 5.74) is 6.31. The van der Waals surface area contributed by atoms with Gasteiger partial charge in [-0.15, -0.1) is 5.10 Å². The number of hydrogen-bond donors (Lipinski definition) is 1. The number of hydrogen-bond acceptors (Lipinski definition) is 3. The molecule has 2 N–H and O–H groups in total. The number of thioether (sulfide) groups is 1. The van der Waals surface area contributed by atoms with Crippen LogP contribution in [0.15, 0.2) is 28.4 Å². The molecule has 0 aliphatic rings. The van der Waals surface area contributed by atoms with E-state index in [1.807, 2.05) is 6.92 Å². The first kappa shape index (κ1) is 13.4. The number of halogens is 2. The Morgan fingerprint density at radius 1 is 1.50 bits per heavy atom. The third-order valence-electron chi connectivity index (χ3n) is 1.61. The Morgan fingerprint density at radius 3 is 2.88 bits per heavy atom. The molecule has 3 nitrogen and oxygen atoms in total. The lowest BCUT2D eigenvalue weighted by atomic mass is 10.2. The predicted octanol–water partition coefficient (Wildman–Crippen LogP) is 3.40. The summed E-state index contributed by atoms with van der Waals surface area (Å²) in [6.07, 6.45) is 1.54. The Hall–Kier alpha value is -0.710. The van der Waals surface area contributed by atoms with Crippen LogP contribution in [-0.4, -0.2) is 17.1 Å². The van der Waals surface area contributed by atoms with Gasteiger partial charge in [0, 0.05) is 10.6 Å². The summed E-state index contributed by atoms with van der Waals surface area (Å²) < 4.78 is 0. The monoisotopic (exact) mass is 275 g/mol. The highest BCUT2D eigenvalue weighted by molar-refractivity contribution is 8.13. The van der Waals surface area contributed by atoms with E-state index in [4.69, 9.17) is 28.9 Å². The third kappa shape index (κ3) is 4.43. The van der Waals surface area contributed by atoms with E-state index < -0.39 is 0 Å². The Bertz CT molecular complexity index is 419. The first-order chi connectivity index (χ1) is 7.63. The van der Waals surface area contributed by atoms with Crippen molar-refractivity contribution in [1.29, 1.82) is 0 Å². The van der Waals surface area contributed by atoms with E-state index in [9.17, 15) is 0 Å². The summed E-state index contributed by atoms with van der Waals surface area (Å²) >= 11 is 13.1. The zero-order valence-electron chi connectivity index (χ0n) is 8.65. The topological polar surface area (TPSA) is 50.7 Å². The summed E-state index contributed by atoms with van der Waals surface area (Å²) in [7, 11) is 0. The molecule has 1 rings (SSSR count). The molecule has 1 aromatic rings. The van der Waals surface area contributed by atoms with Gasteiger partial charge in [-0.1, -0.05) is 48.0 Å². The van der Waals surface area contributed by atoms with Crippen LogP contribution in [0, 0.1) is 0 Å². The van der Waals surface area contributed by atoms with Gasteiger partial charge in [0.1, 0.15) is 0 Å². The van der Waals surface area contributed by atoms with Crippen LogP contribution in [0.25, 0.3) is 0 Å². The average Bonchev–Trinajstić information content (AvgIpc) is 2.22. The number of nitrogens with two attached hydrogens (primary N) is 1. The first-order valence-corrected chi connectivity index (χ1v) is 6.32. The van der Waals surface area contributed by atoms with E-state index in [0.29, 0.717) is 15.2 Å². The summed E-state index contributed by atoms with van der Waals surface area (Å²) in [5.74, 6) is 0.868. The number of rotatable bonds is 3. The third-order valence-corrected chi connectivity index (χ3v) is 2.84. The minimum Gasteiger partial charge on any atom is -0.377 e. The summed E-state index contributed by atoms with van der Waals surface area (Å²) in [5, 5.41) is 9.21. The molecule has 86 valence electrons. The summed E-state index contributed by atoms with van der Waals surface area (Å²) in [4.78, 5) is 0. The van der Waals surface area contributed by atoms with Gasteiger partial charge in [-0.3, -0.25) is 0 Å². The average molecular weight is 276 g/mol. The van der Waals surface area contributed by atoms with E-state index in [2.05, 4.69) is 10.2 Å². The quantitative estimate of drug-likeness (QED) is 0.522. The van der Waals surface area contributed by atoms with Crippen LogP contribution in [0.4, 0.5) is 0 Å². The molecular formula is C10H11Cl2N3S. The molecule has 0 saturated carbocycles. The number of amidine groups is 1. The lowest BCUT2D eigenvalue weighted by molar-refractivity contribution is 1.25. The largest absolute Gasteiger partial charge is 0.377 e. The van der Waals surface area contributed by atoms with Crippen molar-refractivity contribution in [2.75, 3.05) is 5.75 Å². The zero-order valence-corrected chi connectivity index (χ0v) is 11.0. The standard InChI is InChI=1S/C10H11Cl2N3S/c1-2-16-10(13)15-14-6-7-3-4-8(11)5-9(7)12/h3-6H,2H2,1H3,(H2,13,15)/b14-6+. The molecule has 0 amide bonds. The fourth-order valence-corrected chi connectivity index (χ4v) is 1.79. The molecule has 0 aliphatic heterocycles. The van der Waals surface area contributed by atoms with Crippen LogP contribution in [-0.2, 0) is 0 Å². The van der Waals surface area contributed by atoms with Crippen molar-refractivity contribution in [3.05, 3.63) is 33.8 Å². The van der Waals surface area contributed by atoms with Crippen molar-refractivity contribution in [3.8, 4) is 0 Å². The van der Waals surface area contributed by atoms with Crippen LogP contribution in [0.5, 0.6) is 0 Å². The van der Waals surface area contributed by atoms with Crippen molar-refractivity contribution in [3.63, 3.8) is 0 Å². The molecule has 0 fully saturated rings. The highest BCUT2D eigenvalue weighted by atomic mass is 35.5. The summed E-state index contributed by atoms with van der Waals surface area (Å²) in [6.45, 7) is 1.99. The van der Waals surface area contributed by atoms with Crippen LogP contribution in [0.1, 0.15) is 12.5 Å². The Balaban J connectivity index is 2.73. The van der Waals surface area contributed by atoms with Crippen LogP contribution in [0.3, 0.4) is 0 Å². The van der Waals surface area contributed by atoms with Crippen molar-refractivity contribution in [2.24, 2.45) is 15.9 Å². The fraction of sp³-hybridized carbons (Fsp3) is 0.200. The lowest BCUT2D eigenvalue weighted by Gasteiger charge is -1.97. The molecule has 0 radical (unpaired) electrons. The molecule has 0 unspecified atom stereocenters. The second-order valence-electron chi connectivity index (χ2n) is 2.78. The second-order valence-corrected chi connectivity index (χ2v) is 4.91. The van der Waals surface area contributed by atoms with Crippen molar-refractivity contribution < 1.29 is 0 Å². The van der Waals surface area contributed by atoms with E-state index >= 15 is 0 Å². The maximum absolute atomic E-state index is 5.95. The van der Waals surface area contributed by atoms with Gasteiger partial charge in [0.05, 0.1) is 11.2 Å². The van der Waals surface area contributed by atoms with E-state index in [1.165, 1.54) is 11.8 Å². The minimum atomic E-state index is 0.434. The molecule has 0 spiro atoms. The van der Waals surface area contributed by atoms with Crippen molar-refractivity contribution in [1.82, 2.24) is 0 Å². The van der Waals surface area contributed by atoms with Crippen molar-refractivity contribution >= 4 is 46.3 Å². The van der Waals surface area contributed by atoms with E-state index in [1.54, 1.807) is 24.4 Å². The maximum atomic E-state index is 5.95. The van der Waals surface area contributed by atoms with Gasteiger partial charge in [-0.05, 0) is 17.9 Å². The molecule has 16 heavy (non-hydrogen) atoms. The molecule has 6 heteroatoms. The van der Waals surface area contributed by atoms with Crippen molar-refractivity contribution in [2.45, 2.75) is 6.92 Å². The van der Waals surface area contributed by atoms with Gasteiger partial charge in [0.25, 0.3) is 0 Å². The minimum absolute atomic E-state index is 0.434. The highest BCUT2D eigenvalue weighted by Crippen LogP contribution is 2.19. The summed E-state index contributed by atoms with van der Waals surface area (Å²) in [6, 6.07) is 5.16. The Morgan fingerprint density at radius 2 is 2.25 bits per heavy atom. The van der Waals surface area contributed by atoms with E-state index in [0.717, 1.165) is 11.3 Å². The number of nitrogens with zero attached hydrogens (tertiary/aromatic N) is 2.